The molecule has 0 atom stereocenters. The second-order valence-corrected chi connectivity index (χ2v) is 5.73. The largest absolute Gasteiger partial charge is 0.496 e. The van der Waals surface area contributed by atoms with Gasteiger partial charge in [0, 0.05) is 35.8 Å². The van der Waals surface area contributed by atoms with Gasteiger partial charge in [-0.15, -0.1) is 0 Å². The van der Waals surface area contributed by atoms with Gasteiger partial charge in [-0.05, 0) is 32.3 Å². The molecule has 0 bridgehead atoms. The molecule has 0 saturated carbocycles. The number of benzene rings is 1. The number of methoxy groups -OCH3 is 1. The number of fused-ring (bicyclic) bond motifs is 1. The van der Waals surface area contributed by atoms with Crippen LogP contribution in [0.3, 0.4) is 0 Å². The van der Waals surface area contributed by atoms with Crippen molar-refractivity contribution in [3.63, 3.8) is 0 Å². The maximum Gasteiger partial charge on any atom is 0.140 e. The molecule has 0 aliphatic carbocycles. The zero-order valence-electron chi connectivity index (χ0n) is 13.8. The highest BCUT2D eigenvalue weighted by Gasteiger charge is 2.12. The van der Waals surface area contributed by atoms with E-state index in [1.807, 2.05) is 30.5 Å². The topological polar surface area (TPSA) is 53.2 Å². The minimum absolute atomic E-state index is 0.845. The summed E-state index contributed by atoms with van der Waals surface area (Å²) in [5, 5.41) is 4.48. The van der Waals surface area contributed by atoms with Crippen LogP contribution in [0.25, 0.3) is 22.2 Å². The van der Waals surface area contributed by atoms with Gasteiger partial charge in [0.1, 0.15) is 17.2 Å². The number of ether oxygens (including phenoxy) is 1. The molecule has 2 aromatic heterocycles. The van der Waals surface area contributed by atoms with Crippen molar-refractivity contribution in [1.29, 1.82) is 0 Å². The van der Waals surface area contributed by atoms with Crippen molar-refractivity contribution in [3.8, 4) is 16.9 Å². The number of para-hydroxylation sites is 1. The van der Waals surface area contributed by atoms with Crippen LogP contribution in [0.2, 0.25) is 0 Å². The van der Waals surface area contributed by atoms with Gasteiger partial charge in [-0.3, -0.25) is 0 Å². The molecule has 0 radical (unpaired) electrons. The van der Waals surface area contributed by atoms with Crippen LogP contribution in [0.15, 0.2) is 42.6 Å². The molecule has 0 unspecified atom stereocenters. The van der Waals surface area contributed by atoms with Crippen LogP contribution in [0.4, 0.5) is 5.82 Å². The molecule has 2 heterocycles. The lowest BCUT2D eigenvalue weighted by molar-refractivity contribution is 0.416. The number of H-pyrrole nitrogens is 1. The summed E-state index contributed by atoms with van der Waals surface area (Å²) in [6.45, 7) is 1.80. The zero-order chi connectivity index (χ0) is 16.2. The number of nitrogens with one attached hydrogen (secondary N) is 2. The fourth-order valence-corrected chi connectivity index (χ4v) is 2.63. The summed E-state index contributed by atoms with van der Waals surface area (Å²) in [4.78, 5) is 9.99. The molecule has 2 N–H and O–H groups in total. The van der Waals surface area contributed by atoms with Crippen LogP contribution in [-0.4, -0.2) is 49.2 Å². The average Bonchev–Trinajstić information content (AvgIpc) is 3.02. The molecule has 3 aromatic rings. The third kappa shape index (κ3) is 3.29. The number of rotatable bonds is 6. The van der Waals surface area contributed by atoms with Gasteiger partial charge in [0.05, 0.1) is 7.11 Å². The Hall–Kier alpha value is -2.53. The Morgan fingerprint density at radius 2 is 2.00 bits per heavy atom. The van der Waals surface area contributed by atoms with Crippen LogP contribution >= 0.6 is 0 Å². The number of hydrogen-bond acceptors (Lipinski definition) is 4. The molecular weight excluding hydrogens is 288 g/mol. The van der Waals surface area contributed by atoms with Crippen molar-refractivity contribution in [2.45, 2.75) is 0 Å². The number of pyridine rings is 1. The number of aromatic amines is 1. The second-order valence-electron chi connectivity index (χ2n) is 5.73. The normalized spacial score (nSPS) is 11.1. The maximum atomic E-state index is 5.52. The third-order valence-corrected chi connectivity index (χ3v) is 3.79. The Balaban J connectivity index is 2.03. The van der Waals surface area contributed by atoms with E-state index in [0.29, 0.717) is 0 Å². The standard InChI is InChI=1S/C18H22N4O/c1-22(2)11-10-19-17-12-15(14-8-9-20-18(14)21-17)13-6-4-5-7-16(13)23-3/h4-9,12H,10-11H2,1-3H3,(H2,19,20,21). The van der Waals surface area contributed by atoms with Crippen molar-refractivity contribution in [2.75, 3.05) is 39.6 Å². The summed E-state index contributed by atoms with van der Waals surface area (Å²) < 4.78 is 5.52. The number of aromatic nitrogens is 2. The SMILES string of the molecule is COc1ccccc1-c1cc(NCCN(C)C)nc2[nH]ccc12. The first-order chi connectivity index (χ1) is 11.2. The van der Waals surface area contributed by atoms with E-state index in [9.17, 15) is 0 Å². The molecule has 0 amide bonds. The lowest BCUT2D eigenvalue weighted by Gasteiger charge is -2.13. The quantitative estimate of drug-likeness (QED) is 0.734. The molecule has 120 valence electrons. The van der Waals surface area contributed by atoms with Crippen LogP contribution in [0.1, 0.15) is 0 Å². The van der Waals surface area contributed by atoms with Crippen LogP contribution in [-0.2, 0) is 0 Å². The maximum absolute atomic E-state index is 5.52. The monoisotopic (exact) mass is 310 g/mol. The molecule has 3 rings (SSSR count). The molecule has 23 heavy (non-hydrogen) atoms. The minimum atomic E-state index is 0.845. The molecule has 5 heteroatoms. The molecule has 0 aliphatic rings. The first kappa shape index (κ1) is 15.4. The predicted octanol–water partition coefficient (Wildman–Crippen LogP) is 3.21. The van der Waals surface area contributed by atoms with Crippen molar-refractivity contribution in [2.24, 2.45) is 0 Å². The summed E-state index contributed by atoms with van der Waals surface area (Å²) in [6.07, 6.45) is 1.92. The van der Waals surface area contributed by atoms with E-state index in [-0.39, 0.29) is 0 Å². The Bertz CT molecular complexity index is 795. The predicted molar refractivity (Wildman–Crippen MR) is 95.1 cm³/mol. The summed E-state index contributed by atoms with van der Waals surface area (Å²) in [6, 6.07) is 12.2. The Morgan fingerprint density at radius 3 is 2.78 bits per heavy atom. The molecule has 1 aromatic carbocycles. The first-order valence-corrected chi connectivity index (χ1v) is 7.69. The lowest BCUT2D eigenvalue weighted by atomic mass is 10.0. The van der Waals surface area contributed by atoms with Gasteiger partial charge in [0.25, 0.3) is 0 Å². The van der Waals surface area contributed by atoms with Gasteiger partial charge in [0.15, 0.2) is 0 Å². The van der Waals surface area contributed by atoms with Gasteiger partial charge >= 0.3 is 0 Å². The van der Waals surface area contributed by atoms with Crippen LogP contribution in [0, 0.1) is 0 Å². The summed E-state index contributed by atoms with van der Waals surface area (Å²) >= 11 is 0. The van der Waals surface area contributed by atoms with Crippen molar-refractivity contribution >= 4 is 16.9 Å². The third-order valence-electron chi connectivity index (χ3n) is 3.79. The summed E-state index contributed by atoms with van der Waals surface area (Å²) in [7, 11) is 5.82. The zero-order valence-corrected chi connectivity index (χ0v) is 13.8. The Morgan fingerprint density at radius 1 is 1.17 bits per heavy atom. The highest BCUT2D eigenvalue weighted by molar-refractivity contribution is 5.96. The number of anilines is 1. The van der Waals surface area contributed by atoms with Crippen molar-refractivity contribution < 1.29 is 4.74 Å². The fourth-order valence-electron chi connectivity index (χ4n) is 2.63. The van der Waals surface area contributed by atoms with E-state index >= 15 is 0 Å². The van der Waals surface area contributed by atoms with E-state index in [4.69, 9.17) is 4.74 Å². The van der Waals surface area contributed by atoms with E-state index in [0.717, 1.165) is 46.8 Å². The van der Waals surface area contributed by atoms with E-state index in [1.54, 1.807) is 7.11 Å². The van der Waals surface area contributed by atoms with Crippen LogP contribution < -0.4 is 10.1 Å². The van der Waals surface area contributed by atoms with Crippen molar-refractivity contribution in [1.82, 2.24) is 14.9 Å². The van der Waals surface area contributed by atoms with Gasteiger partial charge in [-0.2, -0.15) is 0 Å². The summed E-state index contributed by atoms with van der Waals surface area (Å²) in [5.41, 5.74) is 3.06. The second kappa shape index (κ2) is 6.71. The van der Waals surface area contributed by atoms with Gasteiger partial charge in [-0.1, -0.05) is 18.2 Å². The first-order valence-electron chi connectivity index (χ1n) is 7.69. The minimum Gasteiger partial charge on any atom is -0.496 e. The lowest BCUT2D eigenvalue weighted by Crippen LogP contribution is -2.21. The molecule has 0 fully saturated rings. The molecule has 5 nitrogen and oxygen atoms in total. The van der Waals surface area contributed by atoms with Gasteiger partial charge in [0.2, 0.25) is 0 Å². The fraction of sp³-hybridized carbons (Fsp3) is 0.278. The molecule has 0 aliphatic heterocycles. The van der Waals surface area contributed by atoms with Gasteiger partial charge < -0.3 is 19.9 Å². The van der Waals surface area contributed by atoms with E-state index < -0.39 is 0 Å². The van der Waals surface area contributed by atoms with E-state index in [1.165, 1.54) is 0 Å². The van der Waals surface area contributed by atoms with Crippen molar-refractivity contribution in [3.05, 3.63) is 42.6 Å². The highest BCUT2D eigenvalue weighted by Crippen LogP contribution is 2.35. The van der Waals surface area contributed by atoms with E-state index in [2.05, 4.69) is 46.4 Å². The molecular formula is C18H22N4O. The average molecular weight is 310 g/mol. The summed E-state index contributed by atoms with van der Waals surface area (Å²) in [5.74, 6) is 1.73. The van der Waals surface area contributed by atoms with Gasteiger partial charge in [-0.25, -0.2) is 4.98 Å². The Kier molecular flexibility index (Phi) is 4.48. The molecule has 0 spiro atoms. The Labute approximate surface area is 136 Å². The van der Waals surface area contributed by atoms with Crippen LogP contribution in [0.5, 0.6) is 5.75 Å². The smallest absolute Gasteiger partial charge is 0.140 e. The number of likely N-dealkylation sites (N-methyl/N-ethyl adjacent to an activating group) is 1. The number of nitrogens with zero attached hydrogens (tertiary/aromatic N) is 2. The number of hydrogen-bond donors (Lipinski definition) is 2. The molecule has 0 saturated heterocycles. The highest BCUT2D eigenvalue weighted by atomic mass is 16.5.